The molecule has 1 atom stereocenters. The molecule has 0 aromatic heterocycles. The normalized spacial score (nSPS) is 13.5. The highest BCUT2D eigenvalue weighted by molar-refractivity contribution is 5.67. The highest BCUT2D eigenvalue weighted by atomic mass is 16.5. The second-order valence-corrected chi connectivity index (χ2v) is 2.59. The summed E-state index contributed by atoms with van der Waals surface area (Å²) in [6, 6.07) is 0. The molecule has 0 aliphatic rings. The van der Waals surface area contributed by atoms with Crippen LogP contribution in [0.1, 0.15) is 20.3 Å². The van der Waals surface area contributed by atoms with Gasteiger partial charge in [-0.25, -0.2) is 0 Å². The molecule has 0 spiro atoms. The molecule has 0 bridgehead atoms. The number of hydrogen-bond acceptors (Lipinski definition) is 3. The monoisotopic (exact) mass is 162 g/mol. The fourth-order valence-corrected chi connectivity index (χ4v) is 0.735. The van der Waals surface area contributed by atoms with Gasteiger partial charge in [0.05, 0.1) is 25.2 Å². The van der Waals surface area contributed by atoms with Crippen LogP contribution in [0.15, 0.2) is 0 Å². The third kappa shape index (κ3) is 5.82. The fourth-order valence-electron chi connectivity index (χ4n) is 0.735. The first-order valence-corrected chi connectivity index (χ1v) is 3.54. The second kappa shape index (κ2) is 5.09. The van der Waals surface area contributed by atoms with Crippen LogP contribution in [-0.4, -0.2) is 35.0 Å². The number of aliphatic hydroxyl groups excluding tert-OH is 1. The van der Waals surface area contributed by atoms with Crippen molar-refractivity contribution in [1.82, 2.24) is 0 Å². The maximum Gasteiger partial charge on any atom is 0.306 e. The zero-order valence-corrected chi connectivity index (χ0v) is 6.78. The molecule has 11 heavy (non-hydrogen) atoms. The SMILES string of the molecule is CC(C)OC(CO)CC(=O)O. The molecule has 0 amide bonds. The number of carbonyl (C=O) groups is 1. The Balaban J connectivity index is 3.66. The molecule has 0 saturated carbocycles. The lowest BCUT2D eigenvalue weighted by Gasteiger charge is -2.15. The van der Waals surface area contributed by atoms with Gasteiger partial charge in [-0.05, 0) is 13.8 Å². The molecule has 4 nitrogen and oxygen atoms in total. The van der Waals surface area contributed by atoms with Gasteiger partial charge in [0, 0.05) is 0 Å². The van der Waals surface area contributed by atoms with Crippen LogP contribution in [0.25, 0.3) is 0 Å². The first kappa shape index (κ1) is 10.4. The summed E-state index contributed by atoms with van der Waals surface area (Å²) >= 11 is 0. The van der Waals surface area contributed by atoms with Crippen molar-refractivity contribution in [3.05, 3.63) is 0 Å². The van der Waals surface area contributed by atoms with Crippen LogP contribution in [0, 0.1) is 0 Å². The van der Waals surface area contributed by atoms with Gasteiger partial charge in [-0.15, -0.1) is 0 Å². The van der Waals surface area contributed by atoms with Crippen LogP contribution < -0.4 is 0 Å². The average molecular weight is 162 g/mol. The van der Waals surface area contributed by atoms with Gasteiger partial charge in [-0.2, -0.15) is 0 Å². The standard InChI is InChI=1S/C7H14O4/c1-5(2)11-6(4-8)3-7(9)10/h5-6,8H,3-4H2,1-2H3,(H,9,10). The van der Waals surface area contributed by atoms with E-state index in [2.05, 4.69) is 0 Å². The second-order valence-electron chi connectivity index (χ2n) is 2.59. The van der Waals surface area contributed by atoms with E-state index in [4.69, 9.17) is 14.9 Å². The fraction of sp³-hybridized carbons (Fsp3) is 0.857. The number of aliphatic carboxylic acids is 1. The number of rotatable bonds is 5. The maximum atomic E-state index is 10.2. The molecule has 4 heteroatoms. The summed E-state index contributed by atoms with van der Waals surface area (Å²) in [6.07, 6.45) is -0.770. The van der Waals surface area contributed by atoms with Crippen molar-refractivity contribution in [3.63, 3.8) is 0 Å². The van der Waals surface area contributed by atoms with E-state index in [1.54, 1.807) is 13.8 Å². The Kier molecular flexibility index (Phi) is 4.81. The summed E-state index contributed by atoms with van der Waals surface area (Å²) in [5.41, 5.74) is 0. The van der Waals surface area contributed by atoms with Crippen LogP contribution in [0.5, 0.6) is 0 Å². The van der Waals surface area contributed by atoms with Gasteiger partial charge in [0.1, 0.15) is 0 Å². The van der Waals surface area contributed by atoms with Crippen LogP contribution in [-0.2, 0) is 9.53 Å². The molecular formula is C7H14O4. The molecule has 0 radical (unpaired) electrons. The third-order valence-electron chi connectivity index (χ3n) is 1.07. The van der Waals surface area contributed by atoms with Gasteiger partial charge in [0.2, 0.25) is 0 Å². The van der Waals surface area contributed by atoms with Crippen molar-refractivity contribution in [2.24, 2.45) is 0 Å². The lowest BCUT2D eigenvalue weighted by atomic mass is 10.2. The lowest BCUT2D eigenvalue weighted by molar-refractivity contribution is -0.142. The molecule has 0 aliphatic heterocycles. The van der Waals surface area contributed by atoms with Gasteiger partial charge in [0.25, 0.3) is 0 Å². The first-order valence-electron chi connectivity index (χ1n) is 3.54. The van der Waals surface area contributed by atoms with Gasteiger partial charge >= 0.3 is 5.97 Å². The summed E-state index contributed by atoms with van der Waals surface area (Å²) in [5, 5.41) is 17.0. The van der Waals surface area contributed by atoms with Crippen LogP contribution in [0.4, 0.5) is 0 Å². The van der Waals surface area contributed by atoms with E-state index in [9.17, 15) is 4.79 Å². The number of ether oxygens (including phenoxy) is 1. The highest BCUT2D eigenvalue weighted by Gasteiger charge is 2.13. The van der Waals surface area contributed by atoms with Crippen molar-refractivity contribution in [1.29, 1.82) is 0 Å². The maximum absolute atomic E-state index is 10.2. The Hall–Kier alpha value is -0.610. The molecule has 0 aromatic carbocycles. The van der Waals surface area contributed by atoms with E-state index in [0.29, 0.717) is 0 Å². The largest absolute Gasteiger partial charge is 0.481 e. The summed E-state index contributed by atoms with van der Waals surface area (Å²) in [5.74, 6) is -0.954. The minimum Gasteiger partial charge on any atom is -0.481 e. The molecule has 0 rings (SSSR count). The smallest absolute Gasteiger partial charge is 0.306 e. The van der Waals surface area contributed by atoms with Crippen molar-refractivity contribution in [2.75, 3.05) is 6.61 Å². The Morgan fingerprint density at radius 3 is 2.36 bits per heavy atom. The zero-order chi connectivity index (χ0) is 8.85. The van der Waals surface area contributed by atoms with Gasteiger partial charge < -0.3 is 14.9 Å². The van der Waals surface area contributed by atoms with Gasteiger partial charge in [0.15, 0.2) is 0 Å². The van der Waals surface area contributed by atoms with E-state index in [1.165, 1.54) is 0 Å². The summed E-state index contributed by atoms with van der Waals surface area (Å²) in [6.45, 7) is 3.35. The Bertz CT molecular complexity index is 122. The van der Waals surface area contributed by atoms with Crippen LogP contribution >= 0.6 is 0 Å². The zero-order valence-electron chi connectivity index (χ0n) is 6.78. The predicted octanol–water partition coefficient (Wildman–Crippen LogP) is 0.247. The minimum absolute atomic E-state index is 0.0495. The van der Waals surface area contributed by atoms with Crippen molar-refractivity contribution in [3.8, 4) is 0 Å². The van der Waals surface area contributed by atoms with E-state index in [0.717, 1.165) is 0 Å². The van der Waals surface area contributed by atoms with Gasteiger partial charge in [-0.3, -0.25) is 4.79 Å². The van der Waals surface area contributed by atoms with Crippen molar-refractivity contribution >= 4 is 5.97 Å². The first-order chi connectivity index (χ1) is 5.06. The molecule has 0 heterocycles. The van der Waals surface area contributed by atoms with E-state index < -0.39 is 12.1 Å². The van der Waals surface area contributed by atoms with E-state index in [-0.39, 0.29) is 19.1 Å². The Morgan fingerprint density at radius 1 is 1.55 bits per heavy atom. The lowest BCUT2D eigenvalue weighted by Crippen LogP contribution is -2.24. The van der Waals surface area contributed by atoms with E-state index in [1.807, 2.05) is 0 Å². The number of carboxylic acids is 1. The average Bonchev–Trinajstić information content (AvgIpc) is 1.84. The molecule has 1 unspecified atom stereocenters. The number of carboxylic acid groups (broad SMARTS) is 1. The number of hydrogen-bond donors (Lipinski definition) is 2. The van der Waals surface area contributed by atoms with E-state index >= 15 is 0 Å². The molecule has 0 fully saturated rings. The van der Waals surface area contributed by atoms with Crippen LogP contribution in [0.2, 0.25) is 0 Å². The predicted molar refractivity (Wildman–Crippen MR) is 39.3 cm³/mol. The summed E-state index contributed by atoms with van der Waals surface area (Å²) < 4.78 is 5.08. The minimum atomic E-state index is -0.954. The highest BCUT2D eigenvalue weighted by Crippen LogP contribution is 2.01. The van der Waals surface area contributed by atoms with Crippen molar-refractivity contribution in [2.45, 2.75) is 32.5 Å². The third-order valence-corrected chi connectivity index (χ3v) is 1.07. The number of aliphatic hydroxyl groups is 1. The topological polar surface area (TPSA) is 66.8 Å². The molecule has 0 aromatic rings. The Morgan fingerprint density at radius 2 is 2.09 bits per heavy atom. The molecule has 0 saturated heterocycles. The molecule has 66 valence electrons. The van der Waals surface area contributed by atoms with Crippen LogP contribution in [0.3, 0.4) is 0 Å². The quantitative estimate of drug-likeness (QED) is 0.608. The molecule has 0 aliphatic carbocycles. The Labute approximate surface area is 65.8 Å². The molecular weight excluding hydrogens is 148 g/mol. The van der Waals surface area contributed by atoms with Gasteiger partial charge in [-0.1, -0.05) is 0 Å². The summed E-state index contributed by atoms with van der Waals surface area (Å²) in [7, 11) is 0. The molecule has 2 N–H and O–H groups in total. The summed E-state index contributed by atoms with van der Waals surface area (Å²) in [4.78, 5) is 10.2. The van der Waals surface area contributed by atoms with Crippen molar-refractivity contribution < 1.29 is 19.7 Å².